The normalized spacial score (nSPS) is 20.6. The second kappa shape index (κ2) is 26.2. The molecule has 2 aromatic rings. The fraction of sp³-hybridized carbons (Fsp3) is 0.578. The molecule has 1 saturated carbocycles. The highest BCUT2D eigenvalue weighted by atomic mass is 16.4. The van der Waals surface area contributed by atoms with E-state index in [9.17, 15) is 38.7 Å². The van der Waals surface area contributed by atoms with Gasteiger partial charge in [-0.15, -0.1) is 0 Å². The first kappa shape index (κ1) is 49.3. The summed E-state index contributed by atoms with van der Waals surface area (Å²) in [5.74, 6) is -5.09. The van der Waals surface area contributed by atoms with Gasteiger partial charge < -0.3 is 53.6 Å². The topological polar surface area (TPSA) is 284 Å². The second-order valence-electron chi connectivity index (χ2n) is 16.7. The van der Waals surface area contributed by atoms with E-state index in [1.807, 2.05) is 60.7 Å². The highest BCUT2D eigenvalue weighted by Crippen LogP contribution is 2.24. The minimum Gasteiger partial charge on any atom is -0.481 e. The molecule has 17 heteroatoms. The van der Waals surface area contributed by atoms with E-state index >= 15 is 0 Å². The quantitative estimate of drug-likeness (QED) is 0.0676. The molecule has 17 nitrogen and oxygen atoms in total. The van der Waals surface area contributed by atoms with Crippen LogP contribution in [0, 0.1) is 11.8 Å². The van der Waals surface area contributed by atoms with Crippen LogP contribution in [0.15, 0.2) is 60.7 Å². The largest absolute Gasteiger partial charge is 0.481 e. The molecule has 0 bridgehead atoms. The first-order valence-electron chi connectivity index (χ1n) is 22.0. The van der Waals surface area contributed by atoms with Crippen molar-refractivity contribution in [1.82, 2.24) is 31.9 Å². The Morgan fingerprint density at radius 3 is 1.69 bits per heavy atom. The molecule has 2 aromatic carbocycles. The van der Waals surface area contributed by atoms with Crippen LogP contribution >= 0.6 is 0 Å². The number of aliphatic carboxylic acids is 2. The molecule has 2 fully saturated rings. The summed E-state index contributed by atoms with van der Waals surface area (Å²) in [6, 6.07) is 15.3. The Bertz CT molecular complexity index is 1770. The van der Waals surface area contributed by atoms with Gasteiger partial charge in [0, 0.05) is 68.5 Å². The molecule has 62 heavy (non-hydrogen) atoms. The molecular formula is C45H66N8O9. The van der Waals surface area contributed by atoms with Gasteiger partial charge in [-0.05, 0) is 75.6 Å². The molecule has 1 aliphatic carbocycles. The summed E-state index contributed by atoms with van der Waals surface area (Å²) in [7, 11) is 0. The van der Waals surface area contributed by atoms with Gasteiger partial charge in [0.25, 0.3) is 0 Å². The second-order valence-corrected chi connectivity index (χ2v) is 16.7. The predicted octanol–water partition coefficient (Wildman–Crippen LogP) is 1.27. The van der Waals surface area contributed by atoms with Gasteiger partial charge in [0.15, 0.2) is 0 Å². The van der Waals surface area contributed by atoms with Crippen LogP contribution in [-0.2, 0) is 46.4 Å². The number of amides is 5. The Morgan fingerprint density at radius 1 is 0.629 bits per heavy atom. The minimum absolute atomic E-state index is 0.00933. The van der Waals surface area contributed by atoms with E-state index in [1.165, 1.54) is 0 Å². The van der Waals surface area contributed by atoms with Crippen LogP contribution in [0.5, 0.6) is 0 Å². The zero-order valence-electron chi connectivity index (χ0n) is 35.5. The number of benzene rings is 2. The lowest BCUT2D eigenvalue weighted by Crippen LogP contribution is -2.57. The summed E-state index contributed by atoms with van der Waals surface area (Å²) in [6.45, 7) is 1.15. The van der Waals surface area contributed by atoms with Crippen LogP contribution in [-0.4, -0.2) is 108 Å². The molecule has 0 radical (unpaired) electrons. The van der Waals surface area contributed by atoms with Gasteiger partial charge >= 0.3 is 11.9 Å². The van der Waals surface area contributed by atoms with Crippen LogP contribution in [0.2, 0.25) is 0 Å². The van der Waals surface area contributed by atoms with Crippen LogP contribution in [0.4, 0.5) is 0 Å². The molecule has 4 rings (SSSR count). The van der Waals surface area contributed by atoms with E-state index in [2.05, 4.69) is 31.9 Å². The molecule has 5 amide bonds. The fourth-order valence-corrected chi connectivity index (χ4v) is 8.39. The highest BCUT2D eigenvalue weighted by molar-refractivity contribution is 5.85. The van der Waals surface area contributed by atoms with Gasteiger partial charge in [-0.3, -0.25) is 33.6 Å². The lowest BCUT2D eigenvalue weighted by molar-refractivity contribution is -0.140. The number of nitrogens with one attached hydrogen (secondary N) is 6. The minimum atomic E-state index is -1.19. The van der Waals surface area contributed by atoms with Gasteiger partial charge in [-0.2, -0.15) is 0 Å². The first-order valence-corrected chi connectivity index (χ1v) is 22.0. The molecule has 2 aliphatic rings. The smallest absolute Gasteiger partial charge is 0.305 e. The number of carboxylic acids is 2. The lowest BCUT2D eigenvalue weighted by atomic mass is 9.84. The molecule has 1 aliphatic heterocycles. The maximum atomic E-state index is 14.0. The molecule has 0 unspecified atom stereocenters. The fourth-order valence-electron chi connectivity index (χ4n) is 8.39. The maximum Gasteiger partial charge on any atom is 0.305 e. The zero-order chi connectivity index (χ0) is 44.9. The van der Waals surface area contributed by atoms with Gasteiger partial charge in [-0.25, -0.2) is 0 Å². The molecule has 0 aromatic heterocycles. The SMILES string of the molecule is NCCC[C@@H](CC(=O)N[C@@H]1CCNC[C@H]1C(=O)N[C@H](CC(=O)N[C@@H](CCC(=O)O)CC(=O)O)Cc1ccccc1)NC(=O)C[C@H](Cc1ccccc1)NC(=O)[C@@H]1CCCC[C@H]1N. The van der Waals surface area contributed by atoms with Crippen LogP contribution in [0.25, 0.3) is 0 Å². The van der Waals surface area contributed by atoms with Crippen LogP contribution < -0.4 is 43.4 Å². The lowest BCUT2D eigenvalue weighted by Gasteiger charge is -2.33. The molecule has 1 saturated heterocycles. The van der Waals surface area contributed by atoms with Gasteiger partial charge in [0.2, 0.25) is 29.5 Å². The average molecular weight is 863 g/mol. The van der Waals surface area contributed by atoms with Crippen LogP contribution in [0.1, 0.15) is 94.6 Å². The summed E-state index contributed by atoms with van der Waals surface area (Å²) in [6.07, 6.45) is 4.41. The number of carboxylic acid groups (broad SMARTS) is 2. The Balaban J connectivity index is 1.40. The standard InChI is InChI=1S/C45H66N8O9/c46-20-9-14-31(49-39(54)25-33(22-29-10-3-1-4-11-29)51-44(61)35-15-7-8-16-37(35)47)24-41(56)53-38-19-21-48-28-36(38)45(62)52-34(23-30-12-5-2-6-13-30)26-40(55)50-32(27-43(59)60)17-18-42(57)58/h1-6,10-13,31-38,48H,7-9,14-28,46-47H2,(H,49,54)(H,50,55)(H,51,61)(H,52,62)(H,53,56)(H,57,58)(H,59,60)/t31-,32-,33-,34-,35+,36+,37+,38+/m0/s1. The molecule has 8 atom stereocenters. The van der Waals surface area contributed by atoms with Crippen molar-refractivity contribution in [2.24, 2.45) is 23.3 Å². The third kappa shape index (κ3) is 17.9. The Labute approximate surface area is 363 Å². The Hall–Kier alpha value is -5.39. The molecule has 12 N–H and O–H groups in total. The molecule has 0 spiro atoms. The van der Waals surface area contributed by atoms with Crippen molar-refractivity contribution in [2.75, 3.05) is 19.6 Å². The third-order valence-corrected chi connectivity index (χ3v) is 11.6. The number of carbonyl (C=O) groups excluding carboxylic acids is 5. The van der Waals surface area contributed by atoms with Gasteiger partial charge in [0.05, 0.1) is 18.3 Å². The van der Waals surface area contributed by atoms with Gasteiger partial charge in [-0.1, -0.05) is 73.5 Å². The van der Waals surface area contributed by atoms with E-state index in [4.69, 9.17) is 16.6 Å². The Kier molecular flexibility index (Phi) is 20.8. The van der Waals surface area contributed by atoms with Crippen molar-refractivity contribution >= 4 is 41.5 Å². The van der Waals surface area contributed by atoms with Crippen molar-refractivity contribution in [2.45, 2.75) is 133 Å². The van der Waals surface area contributed by atoms with E-state index in [1.54, 1.807) is 0 Å². The number of hydrogen-bond donors (Lipinski definition) is 10. The van der Waals surface area contributed by atoms with Crippen molar-refractivity contribution in [3.63, 3.8) is 0 Å². The molecule has 340 valence electrons. The predicted molar refractivity (Wildman–Crippen MR) is 232 cm³/mol. The number of carbonyl (C=O) groups is 7. The summed E-state index contributed by atoms with van der Waals surface area (Å²) in [5.41, 5.74) is 14.0. The third-order valence-electron chi connectivity index (χ3n) is 11.6. The zero-order valence-corrected chi connectivity index (χ0v) is 35.5. The van der Waals surface area contributed by atoms with E-state index in [0.29, 0.717) is 45.2 Å². The average Bonchev–Trinajstić information content (AvgIpc) is 3.22. The summed E-state index contributed by atoms with van der Waals surface area (Å²) >= 11 is 0. The van der Waals surface area contributed by atoms with Crippen molar-refractivity contribution < 1.29 is 43.8 Å². The summed E-state index contributed by atoms with van der Waals surface area (Å²) < 4.78 is 0. The Morgan fingerprint density at radius 2 is 1.16 bits per heavy atom. The summed E-state index contributed by atoms with van der Waals surface area (Å²) in [4.78, 5) is 90.5. The van der Waals surface area contributed by atoms with E-state index in [-0.39, 0.29) is 74.8 Å². The monoisotopic (exact) mass is 862 g/mol. The number of nitrogens with two attached hydrogens (primary N) is 2. The maximum absolute atomic E-state index is 14.0. The summed E-state index contributed by atoms with van der Waals surface area (Å²) in [5, 5.41) is 36.4. The number of rotatable bonds is 25. The van der Waals surface area contributed by atoms with Crippen molar-refractivity contribution in [3.05, 3.63) is 71.8 Å². The van der Waals surface area contributed by atoms with Gasteiger partial charge in [0.1, 0.15) is 0 Å². The number of hydrogen-bond acceptors (Lipinski definition) is 10. The van der Waals surface area contributed by atoms with E-state index in [0.717, 1.165) is 30.4 Å². The van der Waals surface area contributed by atoms with Crippen LogP contribution in [0.3, 0.4) is 0 Å². The highest BCUT2D eigenvalue weighted by Gasteiger charge is 2.35. The van der Waals surface area contributed by atoms with E-state index < -0.39 is 66.3 Å². The molecular weight excluding hydrogens is 797 g/mol. The first-order chi connectivity index (χ1) is 29.8. The number of piperidine rings is 1. The van der Waals surface area contributed by atoms with Crippen molar-refractivity contribution in [1.29, 1.82) is 0 Å². The molecule has 1 heterocycles. The van der Waals surface area contributed by atoms with Crippen molar-refractivity contribution in [3.8, 4) is 0 Å².